The number of aromatic nitrogens is 3. The van der Waals surface area contributed by atoms with Crippen molar-refractivity contribution in [3.05, 3.63) is 24.2 Å². The van der Waals surface area contributed by atoms with Crippen LogP contribution in [0.4, 0.5) is 0 Å². The molecule has 18 heavy (non-hydrogen) atoms. The molecule has 1 unspecified atom stereocenters. The van der Waals surface area contributed by atoms with Crippen LogP contribution < -0.4 is 0 Å². The Bertz CT molecular complexity index is 551. The summed E-state index contributed by atoms with van der Waals surface area (Å²) in [4.78, 5) is 6.99. The third-order valence-electron chi connectivity index (χ3n) is 3.68. The molecule has 0 radical (unpaired) electrons. The lowest BCUT2D eigenvalue weighted by atomic mass is 10.1. The first-order chi connectivity index (χ1) is 8.76. The molecule has 0 amide bonds. The highest BCUT2D eigenvalue weighted by atomic mass is 16.3. The summed E-state index contributed by atoms with van der Waals surface area (Å²) in [5, 5.41) is 13.8. The van der Waals surface area contributed by atoms with Crippen molar-refractivity contribution < 1.29 is 5.11 Å². The van der Waals surface area contributed by atoms with Crippen molar-refractivity contribution in [2.24, 2.45) is 0 Å². The quantitative estimate of drug-likeness (QED) is 0.891. The maximum absolute atomic E-state index is 9.41. The minimum atomic E-state index is 0.218. The fourth-order valence-corrected chi connectivity index (χ4v) is 2.76. The molecule has 3 heterocycles. The average Bonchev–Trinajstić information content (AvgIpc) is 2.94. The smallest absolute Gasteiger partial charge is 0.155 e. The van der Waals surface area contributed by atoms with Gasteiger partial charge in [-0.1, -0.05) is 6.92 Å². The van der Waals surface area contributed by atoms with Gasteiger partial charge in [0.15, 0.2) is 11.5 Å². The van der Waals surface area contributed by atoms with Gasteiger partial charge in [-0.15, -0.1) is 0 Å². The second-order valence-electron chi connectivity index (χ2n) is 4.85. The van der Waals surface area contributed by atoms with Gasteiger partial charge in [0.05, 0.1) is 6.20 Å². The van der Waals surface area contributed by atoms with Crippen LogP contribution >= 0.6 is 0 Å². The minimum absolute atomic E-state index is 0.218. The summed E-state index contributed by atoms with van der Waals surface area (Å²) in [6.45, 7) is 4.49. The van der Waals surface area contributed by atoms with E-state index >= 15 is 0 Å². The Morgan fingerprint density at radius 3 is 3.17 bits per heavy atom. The van der Waals surface area contributed by atoms with Crippen LogP contribution in [0.2, 0.25) is 0 Å². The molecule has 1 atom stereocenters. The summed E-state index contributed by atoms with van der Waals surface area (Å²) in [6.07, 6.45) is 5.00. The molecule has 1 aliphatic heterocycles. The molecule has 5 heteroatoms. The van der Waals surface area contributed by atoms with E-state index in [1.165, 1.54) is 19.4 Å². The van der Waals surface area contributed by atoms with E-state index < -0.39 is 0 Å². The number of likely N-dealkylation sites (N-methyl/N-ethyl adjacent to an activating group) is 1. The lowest BCUT2D eigenvalue weighted by Crippen LogP contribution is -2.31. The Labute approximate surface area is 106 Å². The van der Waals surface area contributed by atoms with E-state index in [4.69, 9.17) is 0 Å². The second kappa shape index (κ2) is 4.57. The molecule has 3 rings (SSSR count). The highest BCUT2D eigenvalue weighted by Crippen LogP contribution is 2.20. The van der Waals surface area contributed by atoms with Gasteiger partial charge in [-0.2, -0.15) is 5.10 Å². The number of fused-ring (bicyclic) bond motifs is 1. The highest BCUT2D eigenvalue weighted by molar-refractivity contribution is 5.40. The number of pyridine rings is 1. The highest BCUT2D eigenvalue weighted by Gasteiger charge is 2.24. The van der Waals surface area contributed by atoms with Gasteiger partial charge in [0.25, 0.3) is 0 Å². The Morgan fingerprint density at radius 2 is 2.33 bits per heavy atom. The third kappa shape index (κ3) is 2.06. The summed E-state index contributed by atoms with van der Waals surface area (Å²) in [7, 11) is 0. The summed E-state index contributed by atoms with van der Waals surface area (Å²) < 4.78 is 1.65. The zero-order valence-corrected chi connectivity index (χ0v) is 10.6. The largest absolute Gasteiger partial charge is 0.506 e. The molecule has 2 aromatic rings. The number of rotatable bonds is 3. The molecular weight excluding hydrogens is 228 g/mol. The van der Waals surface area contributed by atoms with Crippen LogP contribution in [0.25, 0.3) is 5.65 Å². The van der Waals surface area contributed by atoms with Crippen LogP contribution in [0.15, 0.2) is 18.3 Å². The van der Waals surface area contributed by atoms with Gasteiger partial charge in [0.2, 0.25) is 0 Å². The van der Waals surface area contributed by atoms with Crippen molar-refractivity contribution in [1.82, 2.24) is 19.5 Å². The van der Waals surface area contributed by atoms with Crippen LogP contribution in [0.1, 0.15) is 25.6 Å². The number of nitrogens with zero attached hydrogens (tertiary/aromatic N) is 4. The van der Waals surface area contributed by atoms with E-state index in [2.05, 4.69) is 21.9 Å². The molecule has 96 valence electrons. The number of aromatic hydroxyl groups is 1. The predicted octanol–water partition coefficient (Wildman–Crippen LogP) is 1.46. The first-order valence-electron chi connectivity index (χ1n) is 6.54. The number of hydrogen-bond donors (Lipinski definition) is 1. The van der Waals surface area contributed by atoms with Crippen LogP contribution in [-0.2, 0) is 6.42 Å². The first-order valence-corrected chi connectivity index (χ1v) is 6.54. The summed E-state index contributed by atoms with van der Waals surface area (Å²) >= 11 is 0. The summed E-state index contributed by atoms with van der Waals surface area (Å²) in [5.74, 6) is 1.08. The van der Waals surface area contributed by atoms with Crippen molar-refractivity contribution in [3.63, 3.8) is 0 Å². The molecule has 1 aliphatic rings. The van der Waals surface area contributed by atoms with E-state index in [1.807, 2.05) is 0 Å². The second-order valence-corrected chi connectivity index (χ2v) is 4.85. The molecule has 1 fully saturated rings. The maximum atomic E-state index is 9.41. The van der Waals surface area contributed by atoms with Crippen molar-refractivity contribution in [3.8, 4) is 5.75 Å². The Hall–Kier alpha value is -1.62. The van der Waals surface area contributed by atoms with Crippen molar-refractivity contribution in [1.29, 1.82) is 0 Å². The van der Waals surface area contributed by atoms with Crippen molar-refractivity contribution in [2.45, 2.75) is 32.2 Å². The fourth-order valence-electron chi connectivity index (χ4n) is 2.76. The molecule has 0 bridgehead atoms. The molecule has 0 aromatic carbocycles. The van der Waals surface area contributed by atoms with Gasteiger partial charge < -0.3 is 10.0 Å². The topological polar surface area (TPSA) is 53.7 Å². The van der Waals surface area contributed by atoms with E-state index in [1.54, 1.807) is 22.8 Å². The van der Waals surface area contributed by atoms with E-state index in [9.17, 15) is 5.11 Å². The monoisotopic (exact) mass is 246 g/mol. The number of likely N-dealkylation sites (tertiary alicyclic amines) is 1. The summed E-state index contributed by atoms with van der Waals surface area (Å²) in [6, 6.07) is 4.00. The Morgan fingerprint density at radius 1 is 1.44 bits per heavy atom. The molecule has 2 aromatic heterocycles. The normalized spacial score (nSPS) is 20.8. The van der Waals surface area contributed by atoms with Gasteiger partial charge in [0.1, 0.15) is 5.75 Å². The fraction of sp³-hybridized carbons (Fsp3) is 0.538. The third-order valence-corrected chi connectivity index (χ3v) is 3.68. The Balaban J connectivity index is 1.82. The van der Waals surface area contributed by atoms with E-state index in [-0.39, 0.29) is 5.75 Å². The predicted molar refractivity (Wildman–Crippen MR) is 68.6 cm³/mol. The van der Waals surface area contributed by atoms with E-state index in [0.717, 1.165) is 24.4 Å². The number of hydrogen-bond acceptors (Lipinski definition) is 4. The molecule has 0 saturated carbocycles. The van der Waals surface area contributed by atoms with Crippen LogP contribution in [0.3, 0.4) is 0 Å². The van der Waals surface area contributed by atoms with Gasteiger partial charge in [-0.05, 0) is 38.1 Å². The van der Waals surface area contributed by atoms with Gasteiger partial charge in [-0.3, -0.25) is 0 Å². The van der Waals surface area contributed by atoms with Crippen LogP contribution in [0, 0.1) is 0 Å². The molecule has 1 N–H and O–H groups in total. The lowest BCUT2D eigenvalue weighted by Gasteiger charge is -2.21. The SMILES string of the molecule is CCN1CCCC1Cc1nc2ccc(O)cn2n1. The molecule has 5 nitrogen and oxygen atoms in total. The molecular formula is C13H18N4O. The lowest BCUT2D eigenvalue weighted by molar-refractivity contribution is 0.263. The minimum Gasteiger partial charge on any atom is -0.506 e. The van der Waals surface area contributed by atoms with Crippen LogP contribution in [-0.4, -0.2) is 43.7 Å². The van der Waals surface area contributed by atoms with Gasteiger partial charge in [0, 0.05) is 12.5 Å². The maximum Gasteiger partial charge on any atom is 0.155 e. The zero-order valence-electron chi connectivity index (χ0n) is 10.6. The summed E-state index contributed by atoms with van der Waals surface area (Å²) in [5.41, 5.74) is 0.795. The van der Waals surface area contributed by atoms with E-state index in [0.29, 0.717) is 6.04 Å². The Kier molecular flexibility index (Phi) is 2.91. The van der Waals surface area contributed by atoms with Gasteiger partial charge >= 0.3 is 0 Å². The van der Waals surface area contributed by atoms with Crippen molar-refractivity contribution in [2.75, 3.05) is 13.1 Å². The van der Waals surface area contributed by atoms with Crippen LogP contribution in [0.5, 0.6) is 5.75 Å². The average molecular weight is 246 g/mol. The zero-order chi connectivity index (χ0) is 12.5. The first kappa shape index (κ1) is 11.5. The van der Waals surface area contributed by atoms with Crippen molar-refractivity contribution >= 4 is 5.65 Å². The molecule has 0 aliphatic carbocycles. The molecule has 1 saturated heterocycles. The standard InChI is InChI=1S/C13H18N4O/c1-2-16-7-3-4-10(16)8-12-14-13-6-5-11(18)9-17(13)15-12/h5-6,9-10,18H,2-4,7-8H2,1H3. The molecule has 0 spiro atoms. The van der Waals surface area contributed by atoms with Gasteiger partial charge in [-0.25, -0.2) is 9.50 Å².